The van der Waals surface area contributed by atoms with Crippen molar-refractivity contribution in [2.45, 2.75) is 12.5 Å². The summed E-state index contributed by atoms with van der Waals surface area (Å²) in [6, 6.07) is 8.91. The van der Waals surface area contributed by atoms with Crippen LogP contribution in [-0.4, -0.2) is 46.0 Å². The summed E-state index contributed by atoms with van der Waals surface area (Å²) in [4.78, 5) is 24.8. The Morgan fingerprint density at radius 2 is 1.97 bits per heavy atom. The number of thioether (sulfide) groups is 1. The first-order valence-corrected chi connectivity index (χ1v) is 11.6. The predicted molar refractivity (Wildman–Crippen MR) is 113 cm³/mol. The zero-order valence-electron chi connectivity index (χ0n) is 14.8. The van der Waals surface area contributed by atoms with Gasteiger partial charge in [-0.3, -0.25) is 19.8 Å². The molecule has 3 heterocycles. The Hall–Kier alpha value is -2.50. The van der Waals surface area contributed by atoms with E-state index in [1.54, 1.807) is 30.3 Å². The normalized spacial score (nSPS) is 22.6. The molecule has 1 amide bonds. The Bertz CT molecular complexity index is 1150. The van der Waals surface area contributed by atoms with E-state index in [1.165, 1.54) is 17.0 Å². The first-order chi connectivity index (χ1) is 13.7. The van der Waals surface area contributed by atoms with Gasteiger partial charge in [-0.05, 0) is 30.7 Å². The second-order valence-electron chi connectivity index (χ2n) is 6.61. The van der Waals surface area contributed by atoms with Crippen molar-refractivity contribution in [1.29, 1.82) is 0 Å². The molecule has 0 radical (unpaired) electrons. The van der Waals surface area contributed by atoms with Crippen molar-refractivity contribution in [3.8, 4) is 11.3 Å². The van der Waals surface area contributed by atoms with E-state index in [-0.39, 0.29) is 23.1 Å². The molecule has 11 heteroatoms. The highest BCUT2D eigenvalue weighted by atomic mass is 32.2. The predicted octanol–water partition coefficient (Wildman–Crippen LogP) is 3.24. The third-order valence-corrected chi connectivity index (χ3v) is 7.74. The van der Waals surface area contributed by atoms with E-state index in [0.29, 0.717) is 32.7 Å². The van der Waals surface area contributed by atoms with Crippen LogP contribution in [0, 0.1) is 10.1 Å². The molecule has 1 atom stereocenters. The minimum atomic E-state index is -3.13. The van der Waals surface area contributed by atoms with Gasteiger partial charge in [0, 0.05) is 23.8 Å². The maximum atomic E-state index is 12.7. The number of nitro benzene ring substituents is 1. The molecule has 0 unspecified atom stereocenters. The topological polar surface area (TPSA) is 111 Å². The number of nitro groups is 1. The van der Waals surface area contributed by atoms with Crippen molar-refractivity contribution in [2.75, 3.05) is 11.5 Å². The third-order valence-electron chi connectivity index (χ3n) is 4.66. The highest BCUT2D eigenvalue weighted by Crippen LogP contribution is 2.37. The first kappa shape index (κ1) is 19.8. The smallest absolute Gasteiger partial charge is 0.269 e. The molecule has 0 spiro atoms. The summed E-state index contributed by atoms with van der Waals surface area (Å²) < 4.78 is 29.5. The van der Waals surface area contributed by atoms with Crippen LogP contribution in [-0.2, 0) is 14.6 Å². The van der Waals surface area contributed by atoms with Crippen LogP contribution < -0.4 is 0 Å². The number of amides is 1. The number of benzene rings is 1. The summed E-state index contributed by atoms with van der Waals surface area (Å²) in [5.74, 6) is 0.597. The Kier molecular flexibility index (Phi) is 5.05. The lowest BCUT2D eigenvalue weighted by Gasteiger charge is -2.20. The summed E-state index contributed by atoms with van der Waals surface area (Å²) in [5, 5.41) is 10.8. The molecule has 0 N–H and O–H groups in total. The van der Waals surface area contributed by atoms with Gasteiger partial charge in [0.15, 0.2) is 9.84 Å². The maximum Gasteiger partial charge on any atom is 0.269 e. The Morgan fingerprint density at radius 3 is 2.59 bits per heavy atom. The van der Waals surface area contributed by atoms with Crippen molar-refractivity contribution in [1.82, 2.24) is 4.90 Å². The van der Waals surface area contributed by atoms with E-state index in [2.05, 4.69) is 0 Å². The lowest BCUT2D eigenvalue weighted by atomic mass is 10.1. The monoisotopic (exact) mass is 450 g/mol. The van der Waals surface area contributed by atoms with Crippen molar-refractivity contribution >= 4 is 55.8 Å². The fourth-order valence-electron chi connectivity index (χ4n) is 3.24. The number of carbonyl (C=O) groups excluding carboxylic acids is 1. The minimum Gasteiger partial charge on any atom is -0.457 e. The van der Waals surface area contributed by atoms with Gasteiger partial charge in [-0.1, -0.05) is 24.0 Å². The van der Waals surface area contributed by atoms with Crippen LogP contribution in [0.25, 0.3) is 17.4 Å². The lowest BCUT2D eigenvalue weighted by Crippen LogP contribution is -2.39. The van der Waals surface area contributed by atoms with Crippen LogP contribution in [0.1, 0.15) is 12.2 Å². The molecule has 0 bridgehead atoms. The Labute approximate surface area is 175 Å². The molecule has 2 aliphatic rings. The standard InChI is InChI=1S/C18H14N2O6S3/c21-17-16(28-18(27)19(17)13-7-8-29(24,25)10-13)9-14-5-6-15(26-14)11-1-3-12(4-2-11)20(22)23/h1-6,9,13H,7-8,10H2/b16-9+/t13-/m0/s1. The third kappa shape index (κ3) is 3.98. The van der Waals surface area contributed by atoms with Crippen LogP contribution in [0.2, 0.25) is 0 Å². The van der Waals surface area contributed by atoms with E-state index in [9.17, 15) is 23.3 Å². The molecular weight excluding hydrogens is 436 g/mol. The van der Waals surface area contributed by atoms with Crippen LogP contribution in [0.5, 0.6) is 0 Å². The number of rotatable bonds is 4. The zero-order valence-corrected chi connectivity index (χ0v) is 17.3. The Morgan fingerprint density at radius 1 is 1.24 bits per heavy atom. The van der Waals surface area contributed by atoms with Gasteiger partial charge in [0.2, 0.25) is 0 Å². The maximum absolute atomic E-state index is 12.7. The van der Waals surface area contributed by atoms with Crippen molar-refractivity contribution in [3.63, 3.8) is 0 Å². The molecule has 8 nitrogen and oxygen atoms in total. The van der Waals surface area contributed by atoms with E-state index in [0.717, 1.165) is 11.8 Å². The minimum absolute atomic E-state index is 0.0156. The zero-order chi connectivity index (χ0) is 20.8. The van der Waals surface area contributed by atoms with Gasteiger partial charge < -0.3 is 4.42 Å². The molecule has 1 aromatic heterocycles. The molecule has 1 aromatic carbocycles. The van der Waals surface area contributed by atoms with E-state index in [4.69, 9.17) is 16.6 Å². The van der Waals surface area contributed by atoms with Crippen LogP contribution in [0.4, 0.5) is 5.69 Å². The van der Waals surface area contributed by atoms with Gasteiger partial charge in [-0.15, -0.1) is 0 Å². The molecule has 150 valence electrons. The fraction of sp³-hybridized carbons (Fsp3) is 0.222. The largest absolute Gasteiger partial charge is 0.457 e. The molecule has 2 aliphatic heterocycles. The highest BCUT2D eigenvalue weighted by Gasteiger charge is 2.42. The van der Waals surface area contributed by atoms with Gasteiger partial charge in [0.25, 0.3) is 11.6 Å². The van der Waals surface area contributed by atoms with Crippen LogP contribution in [0.3, 0.4) is 0 Å². The number of thiocarbonyl (C=S) groups is 1. The van der Waals surface area contributed by atoms with E-state index < -0.39 is 20.8 Å². The van der Waals surface area contributed by atoms with Crippen molar-refractivity contribution < 1.29 is 22.6 Å². The van der Waals surface area contributed by atoms with E-state index >= 15 is 0 Å². The fourth-order valence-corrected chi connectivity index (χ4v) is 6.32. The van der Waals surface area contributed by atoms with Gasteiger partial charge in [-0.2, -0.15) is 0 Å². The van der Waals surface area contributed by atoms with Crippen LogP contribution in [0.15, 0.2) is 45.7 Å². The van der Waals surface area contributed by atoms with Gasteiger partial charge in [-0.25, -0.2) is 8.42 Å². The average Bonchev–Trinajstić information content (AvgIpc) is 3.34. The lowest BCUT2D eigenvalue weighted by molar-refractivity contribution is -0.384. The van der Waals surface area contributed by atoms with Crippen molar-refractivity contribution in [2.24, 2.45) is 0 Å². The van der Waals surface area contributed by atoms with Gasteiger partial charge in [0.05, 0.1) is 27.4 Å². The molecule has 2 saturated heterocycles. The second kappa shape index (κ2) is 7.39. The number of sulfone groups is 1. The number of carbonyl (C=O) groups is 1. The quantitative estimate of drug-likeness (QED) is 0.302. The van der Waals surface area contributed by atoms with Crippen molar-refractivity contribution in [3.05, 3.63) is 57.2 Å². The summed E-state index contributed by atoms with van der Waals surface area (Å²) in [7, 11) is -3.13. The Balaban J connectivity index is 1.54. The first-order valence-electron chi connectivity index (χ1n) is 8.56. The molecule has 4 rings (SSSR count). The summed E-state index contributed by atoms with van der Waals surface area (Å²) >= 11 is 6.40. The molecule has 29 heavy (non-hydrogen) atoms. The van der Waals surface area contributed by atoms with E-state index in [1.807, 2.05) is 0 Å². The number of furan rings is 1. The SMILES string of the molecule is O=C1/C(=C\c2ccc(-c3ccc([N+](=O)[O-])cc3)o2)SC(=S)N1[C@H]1CCS(=O)(=O)C1. The van der Waals surface area contributed by atoms with Gasteiger partial charge in [0.1, 0.15) is 15.8 Å². The summed E-state index contributed by atoms with van der Waals surface area (Å²) in [6.45, 7) is 0. The molecule has 2 fully saturated rings. The molecule has 2 aromatic rings. The average molecular weight is 451 g/mol. The summed E-state index contributed by atoms with van der Waals surface area (Å²) in [5.41, 5.74) is 0.650. The molecular formula is C18H14N2O6S3. The highest BCUT2D eigenvalue weighted by molar-refractivity contribution is 8.26. The second-order valence-corrected chi connectivity index (χ2v) is 10.5. The molecule has 0 aliphatic carbocycles. The number of hydrogen-bond donors (Lipinski definition) is 0. The van der Waals surface area contributed by atoms with Crippen LogP contribution >= 0.6 is 24.0 Å². The summed E-state index contributed by atoms with van der Waals surface area (Å²) in [6.07, 6.45) is 1.95. The number of non-ortho nitro benzene ring substituents is 1. The van der Waals surface area contributed by atoms with Gasteiger partial charge >= 0.3 is 0 Å². The number of nitrogens with zero attached hydrogens (tertiary/aromatic N) is 2. The molecule has 0 saturated carbocycles. The number of hydrogen-bond acceptors (Lipinski definition) is 8.